The molecule has 0 radical (unpaired) electrons. The molecule has 0 fully saturated rings. The zero-order chi connectivity index (χ0) is 17.6. The molecular weight excluding hydrogens is 336 g/mol. The number of carbonyl (C=O) groups excluding carboxylic acids is 2. The first-order valence-electron chi connectivity index (χ1n) is 8.48. The summed E-state index contributed by atoms with van der Waals surface area (Å²) in [6, 6.07) is 11.1. The number of rotatable bonds is 4. The first kappa shape index (κ1) is 17.6. The highest BCUT2D eigenvalue weighted by molar-refractivity contribution is 7.14. The topological polar surface area (TPSA) is 67.4 Å². The molecule has 1 aliphatic carbocycles. The predicted octanol–water partition coefficient (Wildman–Crippen LogP) is 3.17. The van der Waals surface area contributed by atoms with Crippen molar-refractivity contribution in [1.82, 2.24) is 10.9 Å². The number of methoxy groups -OCH3 is 1. The second-order valence-corrected chi connectivity index (χ2v) is 7.23. The lowest BCUT2D eigenvalue weighted by Crippen LogP contribution is -2.44. The molecule has 1 aliphatic rings. The zero-order valence-electron chi connectivity index (χ0n) is 14.2. The van der Waals surface area contributed by atoms with E-state index in [-0.39, 0.29) is 5.91 Å². The Morgan fingerprint density at radius 3 is 2.60 bits per heavy atom. The number of aryl methyl sites for hydroxylation is 2. The maximum absolute atomic E-state index is 12.3. The summed E-state index contributed by atoms with van der Waals surface area (Å²) >= 11 is 1.52. The van der Waals surface area contributed by atoms with E-state index in [9.17, 15) is 9.59 Å². The average molecular weight is 358 g/mol. The Hall–Kier alpha value is -2.18. The lowest BCUT2D eigenvalue weighted by Gasteiger charge is -2.15. The van der Waals surface area contributed by atoms with Crippen LogP contribution in [0.3, 0.4) is 0 Å². The number of thiophene rings is 1. The molecule has 2 N–H and O–H groups in total. The quantitative estimate of drug-likeness (QED) is 0.652. The average Bonchev–Trinajstić information content (AvgIpc) is 2.92. The van der Waals surface area contributed by atoms with Gasteiger partial charge in [0.1, 0.15) is 0 Å². The Bertz CT molecular complexity index is 719. The second kappa shape index (κ2) is 8.27. The third kappa shape index (κ3) is 4.27. The molecule has 0 aliphatic heterocycles. The van der Waals surface area contributed by atoms with Gasteiger partial charge in [-0.05, 0) is 42.9 Å². The van der Waals surface area contributed by atoms with Crippen molar-refractivity contribution in [2.24, 2.45) is 0 Å². The van der Waals surface area contributed by atoms with Gasteiger partial charge in [-0.1, -0.05) is 36.8 Å². The van der Waals surface area contributed by atoms with Crippen LogP contribution >= 0.6 is 11.3 Å². The maximum Gasteiger partial charge on any atom is 0.279 e. The summed E-state index contributed by atoms with van der Waals surface area (Å²) in [4.78, 5) is 26.6. The molecule has 5 nitrogen and oxygen atoms in total. The third-order valence-electron chi connectivity index (χ3n) is 4.35. The molecule has 1 atom stereocenters. The fourth-order valence-corrected chi connectivity index (χ4v) is 4.20. The highest BCUT2D eigenvalue weighted by atomic mass is 32.1. The van der Waals surface area contributed by atoms with Crippen LogP contribution in [0.4, 0.5) is 0 Å². The molecule has 3 rings (SSSR count). The molecule has 6 heteroatoms. The van der Waals surface area contributed by atoms with Gasteiger partial charge < -0.3 is 4.74 Å². The number of amides is 2. The SMILES string of the molecule is COC(C(=O)NNC(=O)c1cc2c(s1)CCCCC2)c1ccccc1. The molecule has 0 saturated carbocycles. The van der Waals surface area contributed by atoms with E-state index < -0.39 is 12.0 Å². The number of hydrogen-bond donors (Lipinski definition) is 2. The lowest BCUT2D eigenvalue weighted by atomic mass is 10.1. The van der Waals surface area contributed by atoms with Gasteiger partial charge in [-0.3, -0.25) is 20.4 Å². The molecule has 132 valence electrons. The molecule has 0 spiro atoms. The van der Waals surface area contributed by atoms with Crippen molar-refractivity contribution < 1.29 is 14.3 Å². The Balaban J connectivity index is 1.61. The number of fused-ring (bicyclic) bond motifs is 1. The molecule has 1 heterocycles. The van der Waals surface area contributed by atoms with Crippen LogP contribution < -0.4 is 10.9 Å². The Morgan fingerprint density at radius 1 is 1.08 bits per heavy atom. The molecule has 0 bridgehead atoms. The van der Waals surface area contributed by atoms with Crippen molar-refractivity contribution in [3.05, 3.63) is 57.3 Å². The van der Waals surface area contributed by atoms with Crippen molar-refractivity contribution in [3.63, 3.8) is 0 Å². The minimum absolute atomic E-state index is 0.283. The van der Waals surface area contributed by atoms with Gasteiger partial charge in [-0.2, -0.15) is 0 Å². The largest absolute Gasteiger partial charge is 0.367 e. The van der Waals surface area contributed by atoms with Gasteiger partial charge in [-0.25, -0.2) is 0 Å². The Kier molecular flexibility index (Phi) is 5.83. The minimum atomic E-state index is -0.762. The van der Waals surface area contributed by atoms with E-state index in [1.54, 1.807) is 0 Å². The monoisotopic (exact) mass is 358 g/mol. The van der Waals surface area contributed by atoms with Gasteiger partial charge in [0.05, 0.1) is 4.88 Å². The van der Waals surface area contributed by atoms with Crippen LogP contribution in [0.15, 0.2) is 36.4 Å². The molecule has 25 heavy (non-hydrogen) atoms. The normalized spacial score (nSPS) is 14.9. The van der Waals surface area contributed by atoms with Crippen LogP contribution in [0.2, 0.25) is 0 Å². The van der Waals surface area contributed by atoms with E-state index in [1.165, 1.54) is 48.1 Å². The van der Waals surface area contributed by atoms with Crippen LogP contribution in [0.25, 0.3) is 0 Å². The molecule has 1 unspecified atom stereocenters. The lowest BCUT2D eigenvalue weighted by molar-refractivity contribution is -0.132. The van der Waals surface area contributed by atoms with Gasteiger partial charge >= 0.3 is 0 Å². The first-order valence-corrected chi connectivity index (χ1v) is 9.30. The van der Waals surface area contributed by atoms with Gasteiger partial charge in [0, 0.05) is 12.0 Å². The van der Waals surface area contributed by atoms with Gasteiger partial charge in [0.25, 0.3) is 11.8 Å². The summed E-state index contributed by atoms with van der Waals surface area (Å²) in [5.74, 6) is -0.686. The highest BCUT2D eigenvalue weighted by Gasteiger charge is 2.21. The predicted molar refractivity (Wildman–Crippen MR) is 97.4 cm³/mol. The van der Waals surface area contributed by atoms with Crippen molar-refractivity contribution >= 4 is 23.2 Å². The van der Waals surface area contributed by atoms with Crippen LogP contribution in [0, 0.1) is 0 Å². The summed E-state index contributed by atoms with van der Waals surface area (Å²) in [7, 11) is 1.47. The van der Waals surface area contributed by atoms with Crippen molar-refractivity contribution in [2.45, 2.75) is 38.2 Å². The Labute approximate surface area is 151 Å². The fraction of sp³-hybridized carbons (Fsp3) is 0.368. The first-order chi connectivity index (χ1) is 12.2. The molecule has 1 aromatic heterocycles. The number of ether oxygens (including phenoxy) is 1. The number of nitrogens with one attached hydrogen (secondary N) is 2. The number of benzene rings is 1. The van der Waals surface area contributed by atoms with Crippen molar-refractivity contribution in [2.75, 3.05) is 7.11 Å². The summed E-state index contributed by atoms with van der Waals surface area (Å²) in [6.07, 6.45) is 4.91. The molecule has 2 aromatic rings. The smallest absolute Gasteiger partial charge is 0.279 e. The van der Waals surface area contributed by atoms with E-state index in [0.29, 0.717) is 4.88 Å². The Morgan fingerprint density at radius 2 is 1.84 bits per heavy atom. The van der Waals surface area contributed by atoms with Gasteiger partial charge in [0.15, 0.2) is 6.10 Å². The van der Waals surface area contributed by atoms with E-state index >= 15 is 0 Å². The molecule has 1 aromatic carbocycles. The van der Waals surface area contributed by atoms with Crippen LogP contribution in [0.1, 0.15) is 51.0 Å². The van der Waals surface area contributed by atoms with E-state index in [2.05, 4.69) is 10.9 Å². The zero-order valence-corrected chi connectivity index (χ0v) is 15.0. The molecule has 2 amide bonds. The standard InChI is InChI=1S/C19H22N2O3S/c1-24-17(13-8-4-2-5-9-13)19(23)21-20-18(22)16-12-14-10-6-3-7-11-15(14)25-16/h2,4-5,8-9,12,17H,3,6-7,10-11H2,1H3,(H,20,22)(H,21,23). The molecule has 0 saturated heterocycles. The fourth-order valence-electron chi connectivity index (χ4n) is 3.05. The van der Waals surface area contributed by atoms with Gasteiger partial charge in [-0.15, -0.1) is 11.3 Å². The highest BCUT2D eigenvalue weighted by Crippen LogP contribution is 2.28. The number of hydrogen-bond acceptors (Lipinski definition) is 4. The van der Waals surface area contributed by atoms with Crippen LogP contribution in [-0.4, -0.2) is 18.9 Å². The second-order valence-electron chi connectivity index (χ2n) is 6.09. The van der Waals surface area contributed by atoms with E-state index in [1.807, 2.05) is 36.4 Å². The number of carbonyl (C=O) groups is 2. The maximum atomic E-state index is 12.3. The summed E-state index contributed by atoms with van der Waals surface area (Å²) in [6.45, 7) is 0. The third-order valence-corrected chi connectivity index (χ3v) is 5.58. The number of hydrazine groups is 1. The van der Waals surface area contributed by atoms with Crippen molar-refractivity contribution in [3.8, 4) is 0 Å². The van der Waals surface area contributed by atoms with Gasteiger partial charge in [0.2, 0.25) is 0 Å². The molecular formula is C19H22N2O3S. The van der Waals surface area contributed by atoms with Crippen LogP contribution in [-0.2, 0) is 22.4 Å². The van der Waals surface area contributed by atoms with Crippen molar-refractivity contribution in [1.29, 1.82) is 0 Å². The summed E-state index contributed by atoms with van der Waals surface area (Å²) in [5, 5.41) is 0. The minimum Gasteiger partial charge on any atom is -0.367 e. The summed E-state index contributed by atoms with van der Waals surface area (Å²) < 4.78 is 5.26. The van der Waals surface area contributed by atoms with E-state index in [4.69, 9.17) is 4.74 Å². The van der Waals surface area contributed by atoms with Crippen LogP contribution in [0.5, 0.6) is 0 Å². The summed E-state index contributed by atoms with van der Waals surface area (Å²) in [5.41, 5.74) is 6.98. The van der Waals surface area contributed by atoms with E-state index in [0.717, 1.165) is 18.4 Å².